The summed E-state index contributed by atoms with van der Waals surface area (Å²) in [5, 5.41) is 14.2. The van der Waals surface area contributed by atoms with Crippen molar-refractivity contribution in [1.29, 1.82) is 0 Å². The predicted octanol–water partition coefficient (Wildman–Crippen LogP) is 0.968. The molecule has 0 spiro atoms. The number of aryl methyl sites for hydroxylation is 1. The molecule has 0 saturated carbocycles. The molecule has 0 amide bonds. The van der Waals surface area contributed by atoms with Gasteiger partial charge in [0.05, 0.1) is 4.92 Å². The van der Waals surface area contributed by atoms with Crippen LogP contribution in [0.5, 0.6) is 0 Å². The summed E-state index contributed by atoms with van der Waals surface area (Å²) in [6.45, 7) is 3.90. The molecule has 0 aliphatic carbocycles. The van der Waals surface area contributed by atoms with Gasteiger partial charge in [-0.3, -0.25) is 33.7 Å². The molecule has 12 heteroatoms. The second-order valence-corrected chi connectivity index (χ2v) is 8.44. The number of hydrogen-bond donors (Lipinski definition) is 1. The Morgan fingerprint density at radius 1 is 1.11 bits per heavy atom. The lowest BCUT2D eigenvalue weighted by Crippen LogP contribution is -2.38. The number of nitro benzene ring substituents is 1. The molecule has 0 aliphatic heterocycles. The average molecular weight is 491 g/mol. The van der Waals surface area contributed by atoms with Crippen LogP contribution >= 0.6 is 0 Å². The molecule has 0 bridgehead atoms. The van der Waals surface area contributed by atoms with Gasteiger partial charge < -0.3 is 15.0 Å². The summed E-state index contributed by atoms with van der Waals surface area (Å²) in [5.41, 5.74) is 1.07. The van der Waals surface area contributed by atoms with E-state index in [1.54, 1.807) is 19.2 Å². The van der Waals surface area contributed by atoms with Crippen molar-refractivity contribution in [3.8, 4) is 0 Å². The van der Waals surface area contributed by atoms with E-state index in [0.29, 0.717) is 38.4 Å². The first-order chi connectivity index (χ1) is 16.5. The SMILES string of the molecule is CC(=O)OCCN(CCCc1ccc([N+](=O)[O-])cc1N(C)C)CCNc1cc(=O)n(C)c(=O)n1C. The molecular weight excluding hydrogens is 456 g/mol. The van der Waals surface area contributed by atoms with Crippen molar-refractivity contribution in [2.24, 2.45) is 14.1 Å². The third-order valence-corrected chi connectivity index (χ3v) is 5.65. The first-order valence-corrected chi connectivity index (χ1v) is 11.3. The van der Waals surface area contributed by atoms with Gasteiger partial charge in [-0.15, -0.1) is 0 Å². The molecule has 2 aromatic rings. The molecule has 1 N–H and O–H groups in total. The van der Waals surface area contributed by atoms with Crippen molar-refractivity contribution in [3.63, 3.8) is 0 Å². The predicted molar refractivity (Wildman–Crippen MR) is 134 cm³/mol. The lowest BCUT2D eigenvalue weighted by Gasteiger charge is -2.23. The van der Waals surface area contributed by atoms with Gasteiger partial charge in [-0.2, -0.15) is 0 Å². The molecule has 1 heterocycles. The average Bonchev–Trinajstić information content (AvgIpc) is 2.80. The highest BCUT2D eigenvalue weighted by Gasteiger charge is 2.13. The zero-order valence-corrected chi connectivity index (χ0v) is 20.9. The lowest BCUT2D eigenvalue weighted by atomic mass is 10.1. The summed E-state index contributed by atoms with van der Waals surface area (Å²) in [5.74, 6) is 0.0826. The Bertz CT molecular complexity index is 1160. The van der Waals surface area contributed by atoms with E-state index in [1.165, 1.54) is 30.7 Å². The highest BCUT2D eigenvalue weighted by atomic mass is 16.6. The fourth-order valence-corrected chi connectivity index (χ4v) is 3.69. The van der Waals surface area contributed by atoms with Crippen molar-refractivity contribution in [3.05, 3.63) is 60.8 Å². The summed E-state index contributed by atoms with van der Waals surface area (Å²) in [4.78, 5) is 49.9. The Morgan fingerprint density at radius 2 is 1.83 bits per heavy atom. The number of rotatable bonds is 13. The molecule has 1 aromatic heterocycles. The Labute approximate surface area is 203 Å². The third kappa shape index (κ3) is 7.95. The van der Waals surface area contributed by atoms with Crippen LogP contribution < -0.4 is 21.5 Å². The largest absolute Gasteiger partial charge is 0.465 e. The maximum absolute atomic E-state index is 12.1. The van der Waals surface area contributed by atoms with Crippen molar-refractivity contribution in [2.45, 2.75) is 19.8 Å². The number of nitrogens with zero attached hydrogens (tertiary/aromatic N) is 5. The fourth-order valence-electron chi connectivity index (χ4n) is 3.69. The first kappa shape index (κ1) is 27.6. The molecule has 2 rings (SSSR count). The maximum atomic E-state index is 12.1. The summed E-state index contributed by atoms with van der Waals surface area (Å²) in [6, 6.07) is 6.25. The molecule has 0 atom stereocenters. The quantitative estimate of drug-likeness (QED) is 0.248. The van der Waals surface area contributed by atoms with Crippen molar-refractivity contribution in [1.82, 2.24) is 14.0 Å². The van der Waals surface area contributed by atoms with Crippen molar-refractivity contribution in [2.75, 3.05) is 57.1 Å². The Hall–Kier alpha value is -3.67. The number of anilines is 2. The Kier molecular flexibility index (Phi) is 10.0. The number of nitro groups is 1. The van der Waals surface area contributed by atoms with Crippen LogP contribution in [0.1, 0.15) is 18.9 Å². The molecule has 1 aromatic carbocycles. The Balaban J connectivity index is 2.02. The number of nitrogens with one attached hydrogen (secondary N) is 1. The monoisotopic (exact) mass is 490 g/mol. The molecule has 0 aliphatic rings. The van der Waals surface area contributed by atoms with Crippen LogP contribution in [-0.2, 0) is 30.0 Å². The first-order valence-electron chi connectivity index (χ1n) is 11.3. The van der Waals surface area contributed by atoms with Gasteiger partial charge in [0.25, 0.3) is 11.2 Å². The van der Waals surface area contributed by atoms with Crippen LogP contribution in [-0.4, -0.2) is 71.8 Å². The van der Waals surface area contributed by atoms with Crippen LogP contribution in [0.15, 0.2) is 33.9 Å². The number of aromatic nitrogens is 2. The van der Waals surface area contributed by atoms with E-state index in [1.807, 2.05) is 19.0 Å². The summed E-state index contributed by atoms with van der Waals surface area (Å²) < 4.78 is 7.51. The molecule has 12 nitrogen and oxygen atoms in total. The van der Waals surface area contributed by atoms with Crippen LogP contribution in [0.4, 0.5) is 17.2 Å². The van der Waals surface area contributed by atoms with E-state index in [4.69, 9.17) is 4.74 Å². The van der Waals surface area contributed by atoms with E-state index in [2.05, 4.69) is 10.2 Å². The minimum atomic E-state index is -0.411. The molecule has 0 unspecified atom stereocenters. The highest BCUT2D eigenvalue weighted by Crippen LogP contribution is 2.25. The molecule has 192 valence electrons. The van der Waals surface area contributed by atoms with Gasteiger partial charge in [-0.05, 0) is 24.9 Å². The van der Waals surface area contributed by atoms with Gasteiger partial charge in [0.1, 0.15) is 12.4 Å². The summed E-state index contributed by atoms with van der Waals surface area (Å²) in [6.07, 6.45) is 1.50. The van der Waals surface area contributed by atoms with E-state index in [-0.39, 0.29) is 23.8 Å². The van der Waals surface area contributed by atoms with Gasteiger partial charge in [-0.25, -0.2) is 4.79 Å². The van der Waals surface area contributed by atoms with Gasteiger partial charge >= 0.3 is 11.7 Å². The number of carbonyl (C=O) groups is 1. The van der Waals surface area contributed by atoms with E-state index in [9.17, 15) is 24.5 Å². The molecule has 0 saturated heterocycles. The van der Waals surface area contributed by atoms with E-state index >= 15 is 0 Å². The number of non-ortho nitro benzene ring substituents is 1. The van der Waals surface area contributed by atoms with Crippen molar-refractivity contribution < 1.29 is 14.5 Å². The number of carbonyl (C=O) groups excluding carboxylic acids is 1. The van der Waals surface area contributed by atoms with Gasteiger partial charge in [0.2, 0.25) is 0 Å². The Morgan fingerprint density at radius 3 is 2.46 bits per heavy atom. The number of ether oxygens (including phenoxy) is 1. The number of hydrogen-bond acceptors (Lipinski definition) is 9. The second kappa shape index (κ2) is 12.7. The second-order valence-electron chi connectivity index (χ2n) is 8.44. The summed E-state index contributed by atoms with van der Waals surface area (Å²) >= 11 is 0. The van der Waals surface area contributed by atoms with Crippen LogP contribution in [0.3, 0.4) is 0 Å². The molecule has 0 radical (unpaired) electrons. The maximum Gasteiger partial charge on any atom is 0.332 e. The van der Waals surface area contributed by atoms with E-state index in [0.717, 1.165) is 22.2 Å². The molecule has 0 fully saturated rings. The molecule has 35 heavy (non-hydrogen) atoms. The number of esters is 1. The smallest absolute Gasteiger partial charge is 0.332 e. The minimum Gasteiger partial charge on any atom is -0.465 e. The van der Waals surface area contributed by atoms with Gasteiger partial charge in [-0.1, -0.05) is 6.07 Å². The minimum absolute atomic E-state index is 0.0525. The normalized spacial score (nSPS) is 10.9. The number of benzene rings is 1. The molecular formula is C23H34N6O6. The van der Waals surface area contributed by atoms with Crippen LogP contribution in [0, 0.1) is 10.1 Å². The van der Waals surface area contributed by atoms with Crippen LogP contribution in [0.25, 0.3) is 0 Å². The highest BCUT2D eigenvalue weighted by molar-refractivity contribution is 5.65. The topological polar surface area (TPSA) is 132 Å². The van der Waals surface area contributed by atoms with E-state index < -0.39 is 10.6 Å². The lowest BCUT2D eigenvalue weighted by molar-refractivity contribution is -0.384. The summed E-state index contributed by atoms with van der Waals surface area (Å²) in [7, 11) is 6.72. The van der Waals surface area contributed by atoms with Crippen molar-refractivity contribution >= 4 is 23.2 Å². The van der Waals surface area contributed by atoms with Gasteiger partial charge in [0.15, 0.2) is 0 Å². The zero-order valence-electron chi connectivity index (χ0n) is 20.9. The fraction of sp³-hybridized carbons (Fsp3) is 0.522. The van der Waals surface area contributed by atoms with Gasteiger partial charge in [0, 0.05) is 78.6 Å². The van der Waals surface area contributed by atoms with Crippen LogP contribution in [0.2, 0.25) is 0 Å². The zero-order chi connectivity index (χ0) is 26.1. The standard InChI is InChI=1S/C23H34N6O6/c1-17(30)35-14-13-28(12-10-24-21-16-22(31)27(5)23(32)26(21)4)11-6-7-18-8-9-19(29(33)34)15-20(18)25(2)3/h8-9,15-16,24H,6-7,10-14H2,1-5H3. The third-order valence-electron chi connectivity index (χ3n) is 5.65.